The van der Waals surface area contributed by atoms with Crippen LogP contribution in [-0.2, 0) is 10.0 Å². The molecule has 4 nitrogen and oxygen atoms in total. The van der Waals surface area contributed by atoms with Gasteiger partial charge < -0.3 is 0 Å². The molecule has 1 aliphatic heterocycles. The van der Waals surface area contributed by atoms with Gasteiger partial charge in [-0.25, -0.2) is 8.42 Å². The van der Waals surface area contributed by atoms with Gasteiger partial charge in [0.25, 0.3) is 0 Å². The fourth-order valence-electron chi connectivity index (χ4n) is 3.24. The molecule has 5 heteroatoms. The lowest BCUT2D eigenvalue weighted by Gasteiger charge is -2.33. The number of rotatable bonds is 3. The van der Waals surface area contributed by atoms with Gasteiger partial charge in [-0.15, -0.1) is 0 Å². The van der Waals surface area contributed by atoms with E-state index in [1.807, 2.05) is 6.07 Å². The fourth-order valence-corrected chi connectivity index (χ4v) is 4.92. The summed E-state index contributed by atoms with van der Waals surface area (Å²) in [5.74, 6) is 1.25. The molecule has 0 unspecified atom stereocenters. The van der Waals surface area contributed by atoms with E-state index >= 15 is 0 Å². The maximum atomic E-state index is 13.0. The van der Waals surface area contributed by atoms with Crippen molar-refractivity contribution >= 4 is 20.8 Å². The van der Waals surface area contributed by atoms with E-state index in [1.165, 1.54) is 0 Å². The van der Waals surface area contributed by atoms with Crippen molar-refractivity contribution in [1.29, 1.82) is 0 Å². The standard InChI is InChI=1S/C17H22N2O2S/c1-13(2)14-7-10-19(11-8-14)22(20,21)17-5-3-4-15-12-18-9-6-16(15)17/h3-6,9,12-14H,7-8,10-11H2,1-2H3. The molecule has 2 heterocycles. The van der Waals surface area contributed by atoms with E-state index in [-0.39, 0.29) is 0 Å². The van der Waals surface area contributed by atoms with Crippen LogP contribution < -0.4 is 0 Å². The van der Waals surface area contributed by atoms with Gasteiger partial charge in [0.2, 0.25) is 10.0 Å². The van der Waals surface area contributed by atoms with Gasteiger partial charge in [-0.2, -0.15) is 4.31 Å². The number of benzene rings is 1. The SMILES string of the molecule is CC(C)C1CCN(S(=O)(=O)c2cccc3cnccc23)CC1. The summed E-state index contributed by atoms with van der Waals surface area (Å²) in [6.45, 7) is 5.67. The molecule has 1 aromatic carbocycles. The highest BCUT2D eigenvalue weighted by atomic mass is 32.2. The number of pyridine rings is 1. The van der Waals surface area contributed by atoms with Crippen LogP contribution in [0, 0.1) is 11.8 Å². The first-order valence-corrected chi connectivity index (χ1v) is 9.27. The van der Waals surface area contributed by atoms with Gasteiger partial charge >= 0.3 is 0 Å². The smallest absolute Gasteiger partial charge is 0.243 e. The quantitative estimate of drug-likeness (QED) is 0.872. The second-order valence-electron chi connectivity index (χ2n) is 6.34. The van der Waals surface area contributed by atoms with E-state index in [9.17, 15) is 8.42 Å². The molecular weight excluding hydrogens is 296 g/mol. The van der Waals surface area contributed by atoms with E-state index in [2.05, 4.69) is 18.8 Å². The zero-order valence-electron chi connectivity index (χ0n) is 13.1. The number of piperidine rings is 1. The average molecular weight is 318 g/mol. The number of sulfonamides is 1. The Hall–Kier alpha value is -1.46. The highest BCUT2D eigenvalue weighted by molar-refractivity contribution is 7.89. The Morgan fingerprint density at radius 1 is 1.18 bits per heavy atom. The lowest BCUT2D eigenvalue weighted by Crippen LogP contribution is -2.39. The Labute approximate surface area is 132 Å². The number of hydrogen-bond acceptors (Lipinski definition) is 3. The van der Waals surface area contributed by atoms with Gasteiger partial charge in [0, 0.05) is 36.3 Å². The lowest BCUT2D eigenvalue weighted by molar-refractivity contribution is 0.226. The molecule has 1 fully saturated rings. The normalized spacial score (nSPS) is 18.1. The van der Waals surface area contributed by atoms with Crippen LogP contribution >= 0.6 is 0 Å². The van der Waals surface area contributed by atoms with Crippen molar-refractivity contribution in [2.75, 3.05) is 13.1 Å². The highest BCUT2D eigenvalue weighted by Crippen LogP contribution is 2.30. The maximum Gasteiger partial charge on any atom is 0.243 e. The van der Waals surface area contributed by atoms with Crippen molar-refractivity contribution in [3.05, 3.63) is 36.7 Å². The summed E-state index contributed by atoms with van der Waals surface area (Å²) in [7, 11) is -3.43. The van der Waals surface area contributed by atoms with Gasteiger partial charge in [-0.1, -0.05) is 26.0 Å². The monoisotopic (exact) mass is 318 g/mol. The first kappa shape index (κ1) is 15.4. The molecule has 0 bridgehead atoms. The third kappa shape index (κ3) is 2.75. The molecule has 0 aliphatic carbocycles. The van der Waals surface area contributed by atoms with E-state index in [4.69, 9.17) is 0 Å². The number of hydrogen-bond donors (Lipinski definition) is 0. The van der Waals surface area contributed by atoms with Crippen molar-refractivity contribution in [2.24, 2.45) is 11.8 Å². The minimum atomic E-state index is -3.43. The van der Waals surface area contributed by atoms with E-state index in [0.29, 0.717) is 29.8 Å². The van der Waals surface area contributed by atoms with Crippen LogP contribution in [0.4, 0.5) is 0 Å². The Balaban J connectivity index is 1.93. The number of aromatic nitrogens is 1. The number of nitrogens with zero attached hydrogens (tertiary/aromatic N) is 2. The molecular formula is C17H22N2O2S. The van der Waals surface area contributed by atoms with Gasteiger partial charge in [-0.05, 0) is 36.8 Å². The first-order chi connectivity index (χ1) is 10.5. The summed E-state index contributed by atoms with van der Waals surface area (Å²) >= 11 is 0. The molecule has 0 spiro atoms. The maximum absolute atomic E-state index is 13.0. The first-order valence-electron chi connectivity index (χ1n) is 7.83. The largest absolute Gasteiger partial charge is 0.264 e. The third-order valence-electron chi connectivity index (χ3n) is 4.70. The molecule has 1 aromatic heterocycles. The summed E-state index contributed by atoms with van der Waals surface area (Å²) in [4.78, 5) is 4.47. The van der Waals surface area contributed by atoms with Crippen molar-refractivity contribution in [3.63, 3.8) is 0 Å². The van der Waals surface area contributed by atoms with E-state index in [1.54, 1.807) is 34.9 Å². The molecule has 118 valence electrons. The summed E-state index contributed by atoms with van der Waals surface area (Å²) in [6.07, 6.45) is 5.25. The predicted octanol–water partition coefficient (Wildman–Crippen LogP) is 3.29. The number of fused-ring (bicyclic) bond motifs is 1. The third-order valence-corrected chi connectivity index (χ3v) is 6.66. The molecule has 2 aromatic rings. The van der Waals surface area contributed by atoms with Crippen molar-refractivity contribution in [1.82, 2.24) is 9.29 Å². The Morgan fingerprint density at radius 2 is 1.91 bits per heavy atom. The molecule has 0 saturated carbocycles. The fraction of sp³-hybridized carbons (Fsp3) is 0.471. The van der Waals surface area contributed by atoms with Crippen molar-refractivity contribution in [2.45, 2.75) is 31.6 Å². The molecule has 1 saturated heterocycles. The summed E-state index contributed by atoms with van der Waals surface area (Å²) in [5.41, 5.74) is 0. The van der Waals surface area contributed by atoms with Crippen LogP contribution in [-0.4, -0.2) is 30.8 Å². The minimum Gasteiger partial charge on any atom is -0.264 e. The van der Waals surface area contributed by atoms with Gasteiger partial charge in [0.1, 0.15) is 0 Å². The van der Waals surface area contributed by atoms with Gasteiger partial charge in [-0.3, -0.25) is 4.98 Å². The zero-order valence-corrected chi connectivity index (χ0v) is 13.9. The van der Waals surface area contributed by atoms with Crippen LogP contribution in [0.15, 0.2) is 41.6 Å². The predicted molar refractivity (Wildman–Crippen MR) is 88.1 cm³/mol. The molecule has 0 radical (unpaired) electrons. The lowest BCUT2D eigenvalue weighted by atomic mass is 9.87. The van der Waals surface area contributed by atoms with Gasteiger partial charge in [0.05, 0.1) is 4.90 Å². The summed E-state index contributed by atoms with van der Waals surface area (Å²) in [5, 5.41) is 1.61. The van der Waals surface area contributed by atoms with Crippen LogP contribution in [0.2, 0.25) is 0 Å². The second-order valence-corrected chi connectivity index (χ2v) is 8.24. The summed E-state index contributed by atoms with van der Waals surface area (Å²) < 4.78 is 27.6. The van der Waals surface area contributed by atoms with E-state index < -0.39 is 10.0 Å². The zero-order chi connectivity index (χ0) is 15.7. The summed E-state index contributed by atoms with van der Waals surface area (Å²) in [6, 6.07) is 7.17. The van der Waals surface area contributed by atoms with Crippen LogP contribution in [0.3, 0.4) is 0 Å². The molecule has 3 rings (SSSR count). The topological polar surface area (TPSA) is 50.3 Å². The molecule has 0 atom stereocenters. The van der Waals surface area contributed by atoms with Crippen molar-refractivity contribution in [3.8, 4) is 0 Å². The van der Waals surface area contributed by atoms with Crippen molar-refractivity contribution < 1.29 is 8.42 Å². The van der Waals surface area contributed by atoms with Crippen LogP contribution in [0.25, 0.3) is 10.8 Å². The molecule has 0 amide bonds. The molecule has 0 N–H and O–H groups in total. The molecule has 22 heavy (non-hydrogen) atoms. The minimum absolute atomic E-state index is 0.399. The Bertz CT molecular complexity index is 758. The average Bonchev–Trinajstić information content (AvgIpc) is 2.54. The van der Waals surface area contributed by atoms with Crippen LogP contribution in [0.1, 0.15) is 26.7 Å². The second kappa shape index (κ2) is 5.97. The van der Waals surface area contributed by atoms with Gasteiger partial charge in [0.15, 0.2) is 0 Å². The highest BCUT2D eigenvalue weighted by Gasteiger charge is 2.31. The van der Waals surface area contributed by atoms with Crippen LogP contribution in [0.5, 0.6) is 0 Å². The molecule has 1 aliphatic rings. The van der Waals surface area contributed by atoms with E-state index in [0.717, 1.165) is 23.6 Å². The Morgan fingerprint density at radius 3 is 2.59 bits per heavy atom. The Kier molecular flexibility index (Phi) is 4.19.